The SMILES string of the molecule is COc1ccc(CNc2nccc3c(Cc4ccc5nc(N)ncc5c4)c(C)ccc23)cc1OC. The molecule has 35 heavy (non-hydrogen) atoms. The second kappa shape index (κ2) is 9.46. The molecule has 0 radical (unpaired) electrons. The quantitative estimate of drug-likeness (QED) is 0.337. The molecule has 0 unspecified atom stereocenters. The van der Waals surface area contributed by atoms with Gasteiger partial charge in [0.2, 0.25) is 5.95 Å². The highest BCUT2D eigenvalue weighted by atomic mass is 16.5. The van der Waals surface area contributed by atoms with Crippen LogP contribution in [0.1, 0.15) is 22.3 Å². The van der Waals surface area contributed by atoms with Gasteiger partial charge in [0.05, 0.1) is 19.7 Å². The number of nitrogens with two attached hydrogens (primary N) is 1. The third kappa shape index (κ3) is 4.53. The van der Waals surface area contributed by atoms with Gasteiger partial charge < -0.3 is 20.5 Å². The maximum Gasteiger partial charge on any atom is 0.220 e. The molecule has 7 nitrogen and oxygen atoms in total. The summed E-state index contributed by atoms with van der Waals surface area (Å²) in [4.78, 5) is 13.1. The molecule has 0 saturated heterocycles. The predicted octanol–water partition coefficient (Wildman–Crippen LogP) is 5.29. The lowest BCUT2D eigenvalue weighted by molar-refractivity contribution is 0.354. The first-order valence-corrected chi connectivity index (χ1v) is 11.4. The normalized spacial score (nSPS) is 11.1. The van der Waals surface area contributed by atoms with Crippen molar-refractivity contribution in [2.75, 3.05) is 25.3 Å². The zero-order chi connectivity index (χ0) is 24.4. The largest absolute Gasteiger partial charge is 0.493 e. The number of nitrogen functional groups attached to an aromatic ring is 1. The summed E-state index contributed by atoms with van der Waals surface area (Å²) in [5.41, 5.74) is 11.4. The number of nitrogens with zero attached hydrogens (tertiary/aromatic N) is 3. The first-order valence-electron chi connectivity index (χ1n) is 11.4. The van der Waals surface area contributed by atoms with Crippen LogP contribution in [0.3, 0.4) is 0 Å². The molecule has 0 aliphatic carbocycles. The molecule has 5 rings (SSSR count). The molecule has 7 heteroatoms. The Labute approximate surface area is 204 Å². The summed E-state index contributed by atoms with van der Waals surface area (Å²) in [6.45, 7) is 2.76. The number of fused-ring (bicyclic) bond motifs is 2. The molecule has 176 valence electrons. The molecule has 0 spiro atoms. The van der Waals surface area contributed by atoms with Crippen LogP contribution in [0.4, 0.5) is 11.8 Å². The van der Waals surface area contributed by atoms with Crippen LogP contribution in [0.5, 0.6) is 11.5 Å². The van der Waals surface area contributed by atoms with Gasteiger partial charge >= 0.3 is 0 Å². The van der Waals surface area contributed by atoms with Crippen molar-refractivity contribution in [3.05, 3.63) is 89.2 Å². The Morgan fingerprint density at radius 2 is 1.69 bits per heavy atom. The van der Waals surface area contributed by atoms with Crippen molar-refractivity contribution in [1.82, 2.24) is 15.0 Å². The predicted molar refractivity (Wildman–Crippen MR) is 140 cm³/mol. The molecule has 2 heterocycles. The number of aryl methyl sites for hydroxylation is 1. The first-order chi connectivity index (χ1) is 17.1. The van der Waals surface area contributed by atoms with Gasteiger partial charge in [-0.3, -0.25) is 0 Å². The molecule has 0 amide bonds. The van der Waals surface area contributed by atoms with Crippen molar-refractivity contribution in [2.45, 2.75) is 19.9 Å². The molecule has 3 aromatic carbocycles. The fourth-order valence-corrected chi connectivity index (χ4v) is 4.39. The molecule has 0 saturated carbocycles. The van der Waals surface area contributed by atoms with E-state index < -0.39 is 0 Å². The zero-order valence-electron chi connectivity index (χ0n) is 20.0. The van der Waals surface area contributed by atoms with Gasteiger partial charge in [0.1, 0.15) is 5.82 Å². The number of ether oxygens (including phenoxy) is 2. The van der Waals surface area contributed by atoms with Crippen LogP contribution in [0.25, 0.3) is 21.7 Å². The highest BCUT2D eigenvalue weighted by Gasteiger charge is 2.11. The van der Waals surface area contributed by atoms with E-state index in [1.807, 2.05) is 30.5 Å². The Bertz CT molecular complexity index is 1530. The Balaban J connectivity index is 1.45. The summed E-state index contributed by atoms with van der Waals surface area (Å²) in [5.74, 6) is 2.55. The van der Waals surface area contributed by atoms with E-state index in [1.165, 1.54) is 22.1 Å². The van der Waals surface area contributed by atoms with Crippen LogP contribution in [0.15, 0.2) is 67.0 Å². The molecule has 0 aliphatic heterocycles. The number of aromatic nitrogens is 3. The Kier molecular flexibility index (Phi) is 6.06. The van der Waals surface area contributed by atoms with Gasteiger partial charge in [-0.25, -0.2) is 15.0 Å². The molecule has 2 aromatic heterocycles. The molecule has 0 atom stereocenters. The van der Waals surface area contributed by atoms with E-state index in [-0.39, 0.29) is 5.95 Å². The van der Waals surface area contributed by atoms with Crippen LogP contribution < -0.4 is 20.5 Å². The van der Waals surface area contributed by atoms with Crippen LogP contribution >= 0.6 is 0 Å². The number of hydrogen-bond acceptors (Lipinski definition) is 7. The number of pyridine rings is 1. The van der Waals surface area contributed by atoms with Gasteiger partial charge in [-0.05, 0) is 71.3 Å². The number of hydrogen-bond donors (Lipinski definition) is 2. The van der Waals surface area contributed by atoms with E-state index >= 15 is 0 Å². The van der Waals surface area contributed by atoms with Crippen molar-refractivity contribution in [2.24, 2.45) is 0 Å². The summed E-state index contributed by atoms with van der Waals surface area (Å²) in [5, 5.41) is 6.75. The van der Waals surface area contributed by atoms with Gasteiger partial charge in [-0.2, -0.15) is 0 Å². The van der Waals surface area contributed by atoms with E-state index in [0.717, 1.165) is 34.1 Å². The maximum absolute atomic E-state index is 5.73. The molecule has 0 aliphatic rings. The number of benzene rings is 3. The minimum atomic E-state index is 0.288. The van der Waals surface area contributed by atoms with Gasteiger partial charge in [0.15, 0.2) is 11.5 Å². The number of methoxy groups -OCH3 is 2. The van der Waals surface area contributed by atoms with Crippen molar-refractivity contribution >= 4 is 33.4 Å². The number of anilines is 2. The average molecular weight is 466 g/mol. The van der Waals surface area contributed by atoms with E-state index in [1.54, 1.807) is 20.4 Å². The summed E-state index contributed by atoms with van der Waals surface area (Å²) in [6, 6.07) is 18.5. The third-order valence-electron chi connectivity index (χ3n) is 6.24. The van der Waals surface area contributed by atoms with Gasteiger partial charge in [0.25, 0.3) is 0 Å². The standard InChI is InChI=1S/C28H27N5O2/c1-17-4-7-22-21(23(17)13-18-5-8-24-20(12-18)16-32-28(29)33-24)10-11-30-27(22)31-15-19-6-9-25(34-2)26(14-19)35-3/h4-12,14,16H,13,15H2,1-3H3,(H,30,31)(H2,29,32,33). The van der Waals surface area contributed by atoms with E-state index in [2.05, 4.69) is 57.5 Å². The van der Waals surface area contributed by atoms with Crippen molar-refractivity contribution in [1.29, 1.82) is 0 Å². The second-order valence-electron chi connectivity index (χ2n) is 8.46. The summed E-state index contributed by atoms with van der Waals surface area (Å²) in [7, 11) is 3.28. The first kappa shape index (κ1) is 22.4. The Hall–Kier alpha value is -4.39. The number of rotatable bonds is 7. The molecule has 0 bridgehead atoms. The van der Waals surface area contributed by atoms with Crippen LogP contribution in [0.2, 0.25) is 0 Å². The van der Waals surface area contributed by atoms with Crippen LogP contribution in [0, 0.1) is 6.92 Å². The minimum Gasteiger partial charge on any atom is -0.493 e. The lowest BCUT2D eigenvalue weighted by Gasteiger charge is -2.15. The van der Waals surface area contributed by atoms with Crippen molar-refractivity contribution in [3.8, 4) is 11.5 Å². The monoisotopic (exact) mass is 465 g/mol. The van der Waals surface area contributed by atoms with E-state index in [4.69, 9.17) is 15.2 Å². The molecule has 3 N–H and O–H groups in total. The molecular weight excluding hydrogens is 438 g/mol. The number of nitrogens with one attached hydrogen (secondary N) is 1. The third-order valence-corrected chi connectivity index (χ3v) is 6.24. The maximum atomic E-state index is 5.73. The fourth-order valence-electron chi connectivity index (χ4n) is 4.39. The highest BCUT2D eigenvalue weighted by molar-refractivity contribution is 5.95. The zero-order valence-corrected chi connectivity index (χ0v) is 20.0. The van der Waals surface area contributed by atoms with Crippen molar-refractivity contribution < 1.29 is 9.47 Å². The van der Waals surface area contributed by atoms with Gasteiger partial charge in [-0.1, -0.05) is 24.3 Å². The molecular formula is C28H27N5O2. The minimum absolute atomic E-state index is 0.288. The van der Waals surface area contributed by atoms with Gasteiger partial charge in [0, 0.05) is 29.7 Å². The second-order valence-corrected chi connectivity index (χ2v) is 8.46. The smallest absolute Gasteiger partial charge is 0.220 e. The Morgan fingerprint density at radius 3 is 2.51 bits per heavy atom. The molecule has 0 fully saturated rings. The lowest BCUT2D eigenvalue weighted by atomic mass is 9.94. The van der Waals surface area contributed by atoms with Crippen molar-refractivity contribution in [3.63, 3.8) is 0 Å². The average Bonchev–Trinajstić information content (AvgIpc) is 2.88. The van der Waals surface area contributed by atoms with Crippen LogP contribution in [-0.4, -0.2) is 29.2 Å². The van der Waals surface area contributed by atoms with Crippen LogP contribution in [-0.2, 0) is 13.0 Å². The topological polar surface area (TPSA) is 95.2 Å². The summed E-state index contributed by atoms with van der Waals surface area (Å²) >= 11 is 0. The Morgan fingerprint density at radius 1 is 0.857 bits per heavy atom. The lowest BCUT2D eigenvalue weighted by Crippen LogP contribution is -2.04. The van der Waals surface area contributed by atoms with Gasteiger partial charge in [-0.15, -0.1) is 0 Å². The summed E-state index contributed by atoms with van der Waals surface area (Å²) in [6.07, 6.45) is 4.43. The van der Waals surface area contributed by atoms with E-state index in [9.17, 15) is 0 Å². The highest BCUT2D eigenvalue weighted by Crippen LogP contribution is 2.31. The fraction of sp³-hybridized carbons (Fsp3) is 0.179. The van der Waals surface area contributed by atoms with E-state index in [0.29, 0.717) is 18.0 Å². The summed E-state index contributed by atoms with van der Waals surface area (Å²) < 4.78 is 10.8. The molecule has 5 aromatic rings.